The third-order valence-corrected chi connectivity index (χ3v) is 3.74. The molecule has 120 valence electrons. The van der Waals surface area contributed by atoms with Crippen LogP contribution in [-0.4, -0.2) is 29.3 Å². The fourth-order valence-electron chi connectivity index (χ4n) is 2.31. The van der Waals surface area contributed by atoms with Crippen LogP contribution in [0.4, 0.5) is 5.69 Å². The molecule has 1 aromatic rings. The monoisotopic (exact) mass is 305 g/mol. The van der Waals surface area contributed by atoms with Crippen LogP contribution in [0.25, 0.3) is 0 Å². The van der Waals surface area contributed by atoms with Crippen LogP contribution in [0.5, 0.6) is 0 Å². The molecule has 22 heavy (non-hydrogen) atoms. The summed E-state index contributed by atoms with van der Waals surface area (Å²) in [6.45, 7) is 5.50. The number of ketones is 1. The first kappa shape index (κ1) is 17.9. The molecule has 0 aliphatic carbocycles. The Hall–Kier alpha value is -2.17. The number of benzene rings is 1. The van der Waals surface area contributed by atoms with E-state index in [2.05, 4.69) is 0 Å². The van der Waals surface area contributed by atoms with Crippen molar-refractivity contribution in [1.82, 2.24) is 0 Å². The highest BCUT2D eigenvalue weighted by Crippen LogP contribution is 2.21. The molecule has 0 aliphatic rings. The molecule has 1 aromatic carbocycles. The molecule has 0 heterocycles. The van der Waals surface area contributed by atoms with Gasteiger partial charge in [-0.05, 0) is 44.0 Å². The predicted octanol–water partition coefficient (Wildman–Crippen LogP) is 3.13. The highest BCUT2D eigenvalue weighted by atomic mass is 16.4. The second kappa shape index (κ2) is 8.32. The summed E-state index contributed by atoms with van der Waals surface area (Å²) >= 11 is 0. The van der Waals surface area contributed by atoms with Gasteiger partial charge in [0.15, 0.2) is 5.78 Å². The third kappa shape index (κ3) is 4.69. The van der Waals surface area contributed by atoms with Crippen molar-refractivity contribution in [2.24, 2.45) is 5.92 Å². The van der Waals surface area contributed by atoms with Crippen LogP contribution < -0.4 is 4.90 Å². The number of carboxylic acid groups (broad SMARTS) is 1. The van der Waals surface area contributed by atoms with Crippen LogP contribution in [0.2, 0.25) is 0 Å². The zero-order chi connectivity index (χ0) is 16.7. The van der Waals surface area contributed by atoms with Crippen molar-refractivity contribution in [3.05, 3.63) is 29.8 Å². The molecule has 1 N–H and O–H groups in total. The topological polar surface area (TPSA) is 74.7 Å². The fourth-order valence-corrected chi connectivity index (χ4v) is 2.31. The van der Waals surface area contributed by atoms with E-state index in [0.29, 0.717) is 24.1 Å². The maximum absolute atomic E-state index is 12.6. The number of amides is 1. The number of anilines is 1. The Morgan fingerprint density at radius 2 is 1.64 bits per heavy atom. The Kier molecular flexibility index (Phi) is 6.76. The molecule has 0 fully saturated rings. The molecule has 1 amide bonds. The van der Waals surface area contributed by atoms with Crippen LogP contribution in [0.1, 0.15) is 50.4 Å². The summed E-state index contributed by atoms with van der Waals surface area (Å²) in [5, 5.41) is 8.88. The first-order chi connectivity index (χ1) is 10.4. The van der Waals surface area contributed by atoms with Crippen molar-refractivity contribution in [2.45, 2.75) is 40.0 Å². The standard InChI is InChI=1S/C17H23NO4/c1-4-13(5-2)17(22)18(11-10-16(20)21)15-8-6-14(7-9-15)12(3)19/h6-9,13H,4-5,10-11H2,1-3H3,(H,20,21). The van der Waals surface area contributed by atoms with Crippen LogP contribution in [0, 0.1) is 5.92 Å². The highest BCUT2D eigenvalue weighted by molar-refractivity contribution is 5.97. The van der Waals surface area contributed by atoms with Gasteiger partial charge in [-0.1, -0.05) is 13.8 Å². The van der Waals surface area contributed by atoms with E-state index in [4.69, 9.17) is 5.11 Å². The summed E-state index contributed by atoms with van der Waals surface area (Å²) in [5.41, 5.74) is 1.19. The largest absolute Gasteiger partial charge is 0.481 e. The van der Waals surface area contributed by atoms with E-state index in [1.807, 2.05) is 13.8 Å². The first-order valence-electron chi connectivity index (χ1n) is 7.54. The lowest BCUT2D eigenvalue weighted by atomic mass is 10.0. The Balaban J connectivity index is 3.05. The minimum Gasteiger partial charge on any atom is -0.481 e. The lowest BCUT2D eigenvalue weighted by Gasteiger charge is -2.26. The SMILES string of the molecule is CCC(CC)C(=O)N(CCC(=O)O)c1ccc(C(C)=O)cc1. The molecule has 0 saturated carbocycles. The number of hydrogen-bond acceptors (Lipinski definition) is 3. The van der Waals surface area contributed by atoms with E-state index in [1.54, 1.807) is 24.3 Å². The number of nitrogens with zero attached hydrogens (tertiary/aromatic N) is 1. The Bertz CT molecular complexity index is 532. The second-order valence-corrected chi connectivity index (χ2v) is 5.25. The number of carbonyl (C=O) groups is 3. The van der Waals surface area contributed by atoms with Crippen LogP contribution in [-0.2, 0) is 9.59 Å². The summed E-state index contributed by atoms with van der Waals surface area (Å²) in [6, 6.07) is 6.70. The van der Waals surface area contributed by atoms with Gasteiger partial charge in [-0.3, -0.25) is 14.4 Å². The van der Waals surface area contributed by atoms with Gasteiger partial charge >= 0.3 is 5.97 Å². The van der Waals surface area contributed by atoms with Gasteiger partial charge in [0.2, 0.25) is 5.91 Å². The normalized spacial score (nSPS) is 10.5. The van der Waals surface area contributed by atoms with E-state index >= 15 is 0 Å². The van der Waals surface area contributed by atoms with E-state index in [-0.39, 0.29) is 30.6 Å². The van der Waals surface area contributed by atoms with Gasteiger partial charge in [0.25, 0.3) is 0 Å². The lowest BCUT2D eigenvalue weighted by molar-refractivity contribution is -0.136. The molecule has 5 heteroatoms. The molecule has 0 aliphatic heterocycles. The fraction of sp³-hybridized carbons (Fsp3) is 0.471. The first-order valence-corrected chi connectivity index (χ1v) is 7.54. The van der Waals surface area contributed by atoms with Crippen LogP contribution in [0.3, 0.4) is 0 Å². The molecular formula is C17H23NO4. The summed E-state index contributed by atoms with van der Waals surface area (Å²) in [7, 11) is 0. The van der Waals surface area contributed by atoms with Gasteiger partial charge in [-0.25, -0.2) is 0 Å². The van der Waals surface area contributed by atoms with Gasteiger partial charge in [0, 0.05) is 23.7 Å². The van der Waals surface area contributed by atoms with Gasteiger partial charge in [0.1, 0.15) is 0 Å². The van der Waals surface area contributed by atoms with Gasteiger partial charge < -0.3 is 10.0 Å². The predicted molar refractivity (Wildman–Crippen MR) is 85.1 cm³/mol. The van der Waals surface area contributed by atoms with E-state index in [0.717, 1.165) is 0 Å². The molecule has 5 nitrogen and oxygen atoms in total. The van der Waals surface area contributed by atoms with Gasteiger partial charge in [-0.15, -0.1) is 0 Å². The average molecular weight is 305 g/mol. The summed E-state index contributed by atoms with van der Waals surface area (Å²) < 4.78 is 0. The number of carbonyl (C=O) groups excluding carboxylic acids is 2. The Morgan fingerprint density at radius 3 is 2.05 bits per heavy atom. The number of carboxylic acids is 1. The molecule has 0 spiro atoms. The molecule has 0 radical (unpaired) electrons. The number of hydrogen-bond donors (Lipinski definition) is 1. The maximum atomic E-state index is 12.6. The van der Waals surface area contributed by atoms with E-state index in [1.165, 1.54) is 11.8 Å². The smallest absolute Gasteiger partial charge is 0.305 e. The molecule has 0 bridgehead atoms. The summed E-state index contributed by atoms with van der Waals surface area (Å²) in [6.07, 6.45) is 1.31. The third-order valence-electron chi connectivity index (χ3n) is 3.74. The Labute approximate surface area is 130 Å². The Morgan fingerprint density at radius 1 is 1.09 bits per heavy atom. The van der Waals surface area contributed by atoms with E-state index in [9.17, 15) is 14.4 Å². The zero-order valence-electron chi connectivity index (χ0n) is 13.3. The summed E-state index contributed by atoms with van der Waals surface area (Å²) in [5.74, 6) is -1.18. The molecule has 1 rings (SSSR count). The number of aliphatic carboxylic acids is 1. The highest BCUT2D eigenvalue weighted by Gasteiger charge is 2.23. The van der Waals surface area contributed by atoms with E-state index < -0.39 is 5.97 Å². The number of rotatable bonds is 8. The second-order valence-electron chi connectivity index (χ2n) is 5.25. The molecule has 0 atom stereocenters. The number of Topliss-reactive ketones (excluding diaryl/α,β-unsaturated/α-hetero) is 1. The van der Waals surface area contributed by atoms with Crippen molar-refractivity contribution < 1.29 is 19.5 Å². The zero-order valence-corrected chi connectivity index (χ0v) is 13.3. The van der Waals surface area contributed by atoms with Crippen LogP contribution >= 0.6 is 0 Å². The quantitative estimate of drug-likeness (QED) is 0.749. The lowest BCUT2D eigenvalue weighted by Crippen LogP contribution is -2.37. The van der Waals surface area contributed by atoms with Crippen molar-refractivity contribution >= 4 is 23.3 Å². The molecule has 0 saturated heterocycles. The van der Waals surface area contributed by atoms with Crippen molar-refractivity contribution in [1.29, 1.82) is 0 Å². The molecular weight excluding hydrogens is 282 g/mol. The average Bonchev–Trinajstić information content (AvgIpc) is 2.49. The minimum atomic E-state index is -0.942. The summed E-state index contributed by atoms with van der Waals surface area (Å²) in [4.78, 5) is 36.3. The van der Waals surface area contributed by atoms with Gasteiger partial charge in [0.05, 0.1) is 6.42 Å². The molecule has 0 aromatic heterocycles. The van der Waals surface area contributed by atoms with Crippen molar-refractivity contribution in [3.63, 3.8) is 0 Å². The van der Waals surface area contributed by atoms with Gasteiger partial charge in [-0.2, -0.15) is 0 Å². The maximum Gasteiger partial charge on any atom is 0.305 e. The van der Waals surface area contributed by atoms with Crippen LogP contribution in [0.15, 0.2) is 24.3 Å². The minimum absolute atomic E-state index is 0.0463. The van der Waals surface area contributed by atoms with Crippen molar-refractivity contribution in [2.75, 3.05) is 11.4 Å². The molecule has 0 unspecified atom stereocenters. The van der Waals surface area contributed by atoms with Crippen molar-refractivity contribution in [3.8, 4) is 0 Å².